The Morgan fingerprint density at radius 3 is 3.15 bits per heavy atom. The third kappa shape index (κ3) is 2.46. The topological polar surface area (TPSA) is 71.6 Å². The molecule has 6 heteroatoms. The minimum absolute atomic E-state index is 0.0301. The van der Waals surface area contributed by atoms with Gasteiger partial charge in [-0.15, -0.1) is 0 Å². The third-order valence-corrected chi connectivity index (χ3v) is 3.95. The lowest BCUT2D eigenvalue weighted by atomic mass is 10.1. The molecule has 1 atom stereocenters. The summed E-state index contributed by atoms with van der Waals surface area (Å²) in [6.45, 7) is 2.08. The van der Waals surface area contributed by atoms with E-state index in [-0.39, 0.29) is 12.7 Å². The molecule has 0 radical (unpaired) electrons. The van der Waals surface area contributed by atoms with E-state index in [2.05, 4.69) is 25.8 Å². The van der Waals surface area contributed by atoms with E-state index in [4.69, 9.17) is 10.5 Å². The predicted octanol–water partition coefficient (Wildman–Crippen LogP) is 1.78. The molecule has 1 aliphatic heterocycles. The largest absolute Gasteiger partial charge is 0.398 e. The van der Waals surface area contributed by atoms with E-state index in [1.807, 2.05) is 18.2 Å². The predicted molar refractivity (Wildman–Crippen MR) is 82.9 cm³/mol. The molecule has 106 valence electrons. The second-order valence-electron chi connectivity index (χ2n) is 4.85. The Hall–Kier alpha value is -1.37. The Morgan fingerprint density at radius 1 is 1.50 bits per heavy atom. The van der Waals surface area contributed by atoms with E-state index in [1.54, 1.807) is 6.20 Å². The molecule has 3 rings (SSSR count). The fourth-order valence-electron chi connectivity index (χ4n) is 2.50. The van der Waals surface area contributed by atoms with Crippen molar-refractivity contribution in [1.82, 2.24) is 4.98 Å². The molecule has 0 saturated carbocycles. The number of nitrogens with two attached hydrogens (primary N) is 1. The number of aliphatic hydroxyl groups is 1. The van der Waals surface area contributed by atoms with Gasteiger partial charge in [0, 0.05) is 34.8 Å². The van der Waals surface area contributed by atoms with Gasteiger partial charge in [-0.05, 0) is 34.1 Å². The summed E-state index contributed by atoms with van der Waals surface area (Å²) in [6.07, 6.45) is 1.63. The molecule has 1 aromatic carbocycles. The molecule has 1 aromatic heterocycles. The van der Waals surface area contributed by atoms with Gasteiger partial charge in [0.15, 0.2) is 0 Å². The number of pyridine rings is 1. The Balaban J connectivity index is 2.05. The first kappa shape index (κ1) is 13.6. The molecule has 5 nitrogen and oxygen atoms in total. The Bertz CT molecular complexity index is 635. The number of aromatic nitrogens is 1. The summed E-state index contributed by atoms with van der Waals surface area (Å²) in [5, 5.41) is 10.2. The number of rotatable bonds is 2. The summed E-state index contributed by atoms with van der Waals surface area (Å²) in [6, 6.07) is 5.86. The van der Waals surface area contributed by atoms with Gasteiger partial charge in [-0.25, -0.2) is 0 Å². The molecular weight excluding hydrogens is 322 g/mol. The standard InChI is InChI=1S/C14H16BrN3O2/c15-9-5-11-12(16)1-2-13(14(11)17-6-9)18-3-4-20-10(7-18)8-19/h1-2,5-6,10,19H,3-4,7-8,16H2. The van der Waals surface area contributed by atoms with Crippen LogP contribution >= 0.6 is 15.9 Å². The molecular formula is C14H16BrN3O2. The zero-order valence-electron chi connectivity index (χ0n) is 10.9. The van der Waals surface area contributed by atoms with E-state index in [0.29, 0.717) is 18.8 Å². The molecule has 20 heavy (non-hydrogen) atoms. The molecule has 0 bridgehead atoms. The van der Waals surface area contributed by atoms with Crippen molar-refractivity contribution in [3.05, 3.63) is 28.9 Å². The molecule has 3 N–H and O–H groups in total. The van der Waals surface area contributed by atoms with E-state index in [1.165, 1.54) is 0 Å². The first-order chi connectivity index (χ1) is 9.69. The van der Waals surface area contributed by atoms with Gasteiger partial charge in [0.05, 0.1) is 30.5 Å². The normalized spacial score (nSPS) is 19.5. The first-order valence-corrected chi connectivity index (χ1v) is 7.29. The van der Waals surface area contributed by atoms with Crippen molar-refractivity contribution in [3.8, 4) is 0 Å². The van der Waals surface area contributed by atoms with Gasteiger partial charge >= 0.3 is 0 Å². The molecule has 1 fully saturated rings. The number of hydrogen-bond donors (Lipinski definition) is 2. The van der Waals surface area contributed by atoms with Crippen LogP contribution in [0.1, 0.15) is 0 Å². The van der Waals surface area contributed by atoms with Crippen LogP contribution in [0.2, 0.25) is 0 Å². The molecule has 2 heterocycles. The first-order valence-electron chi connectivity index (χ1n) is 6.50. The van der Waals surface area contributed by atoms with Crippen LogP contribution in [0.15, 0.2) is 28.9 Å². The second-order valence-corrected chi connectivity index (χ2v) is 5.76. The van der Waals surface area contributed by atoms with Crippen LogP contribution in [0.25, 0.3) is 10.9 Å². The summed E-state index contributed by atoms with van der Waals surface area (Å²) < 4.78 is 6.40. The van der Waals surface area contributed by atoms with Crippen molar-refractivity contribution in [2.75, 3.05) is 36.9 Å². The number of aliphatic hydroxyl groups excluding tert-OH is 1. The number of nitrogens with zero attached hydrogens (tertiary/aromatic N) is 2. The summed E-state index contributed by atoms with van der Waals surface area (Å²) in [5.74, 6) is 0. The SMILES string of the molecule is Nc1ccc(N2CCOC(CO)C2)c2ncc(Br)cc12. The fourth-order valence-corrected chi connectivity index (χ4v) is 2.84. The van der Waals surface area contributed by atoms with Gasteiger partial charge in [-0.2, -0.15) is 0 Å². The number of ether oxygens (including phenoxy) is 1. The summed E-state index contributed by atoms with van der Waals surface area (Å²) in [7, 11) is 0. The smallest absolute Gasteiger partial charge is 0.0980 e. The van der Waals surface area contributed by atoms with Crippen molar-refractivity contribution >= 4 is 38.2 Å². The summed E-state index contributed by atoms with van der Waals surface area (Å²) in [5.41, 5.74) is 8.66. The number of benzene rings is 1. The maximum absolute atomic E-state index is 9.26. The van der Waals surface area contributed by atoms with Crippen LogP contribution in [0, 0.1) is 0 Å². The molecule has 1 unspecified atom stereocenters. The number of halogens is 1. The number of morpholine rings is 1. The quantitative estimate of drug-likeness (QED) is 0.817. The van der Waals surface area contributed by atoms with Gasteiger partial charge in [-0.3, -0.25) is 4.98 Å². The van der Waals surface area contributed by atoms with E-state index in [0.717, 1.165) is 27.6 Å². The Kier molecular flexibility index (Phi) is 3.78. The highest BCUT2D eigenvalue weighted by atomic mass is 79.9. The van der Waals surface area contributed by atoms with Crippen molar-refractivity contribution in [2.45, 2.75) is 6.10 Å². The zero-order chi connectivity index (χ0) is 14.1. The molecule has 0 spiro atoms. The number of hydrogen-bond acceptors (Lipinski definition) is 5. The minimum Gasteiger partial charge on any atom is -0.398 e. The highest BCUT2D eigenvalue weighted by Crippen LogP contribution is 2.31. The highest BCUT2D eigenvalue weighted by molar-refractivity contribution is 9.10. The highest BCUT2D eigenvalue weighted by Gasteiger charge is 2.22. The summed E-state index contributed by atoms with van der Waals surface area (Å²) >= 11 is 3.42. The van der Waals surface area contributed by atoms with Gasteiger partial charge in [0.25, 0.3) is 0 Å². The van der Waals surface area contributed by atoms with Crippen LogP contribution < -0.4 is 10.6 Å². The molecule has 0 amide bonds. The third-order valence-electron chi connectivity index (χ3n) is 3.51. The molecule has 1 aliphatic rings. The molecule has 0 aliphatic carbocycles. The average Bonchev–Trinajstić information content (AvgIpc) is 2.48. The maximum Gasteiger partial charge on any atom is 0.0980 e. The van der Waals surface area contributed by atoms with E-state index < -0.39 is 0 Å². The van der Waals surface area contributed by atoms with Gasteiger partial charge < -0.3 is 20.5 Å². The number of anilines is 2. The van der Waals surface area contributed by atoms with Crippen LogP contribution in [-0.2, 0) is 4.74 Å². The zero-order valence-corrected chi connectivity index (χ0v) is 12.5. The average molecular weight is 338 g/mol. The monoisotopic (exact) mass is 337 g/mol. The number of nitrogen functional groups attached to an aromatic ring is 1. The van der Waals surface area contributed by atoms with Crippen LogP contribution in [0.4, 0.5) is 11.4 Å². The minimum atomic E-state index is -0.146. The van der Waals surface area contributed by atoms with Crippen molar-refractivity contribution in [3.63, 3.8) is 0 Å². The lowest BCUT2D eigenvalue weighted by molar-refractivity contribution is 0.00363. The van der Waals surface area contributed by atoms with Crippen LogP contribution in [0.5, 0.6) is 0 Å². The molecule has 1 saturated heterocycles. The van der Waals surface area contributed by atoms with Crippen molar-refractivity contribution in [2.24, 2.45) is 0 Å². The second kappa shape index (κ2) is 5.55. The lowest BCUT2D eigenvalue weighted by Crippen LogP contribution is -2.44. The van der Waals surface area contributed by atoms with Gasteiger partial charge in [-0.1, -0.05) is 0 Å². The van der Waals surface area contributed by atoms with Gasteiger partial charge in [0.1, 0.15) is 0 Å². The van der Waals surface area contributed by atoms with E-state index in [9.17, 15) is 5.11 Å². The van der Waals surface area contributed by atoms with Gasteiger partial charge in [0.2, 0.25) is 0 Å². The molecule has 2 aromatic rings. The summed E-state index contributed by atoms with van der Waals surface area (Å²) in [4.78, 5) is 6.68. The van der Waals surface area contributed by atoms with Crippen molar-refractivity contribution < 1.29 is 9.84 Å². The lowest BCUT2D eigenvalue weighted by Gasteiger charge is -2.34. The maximum atomic E-state index is 9.26. The van der Waals surface area contributed by atoms with E-state index >= 15 is 0 Å². The van der Waals surface area contributed by atoms with Crippen LogP contribution in [-0.4, -0.2) is 42.5 Å². The van der Waals surface area contributed by atoms with Crippen LogP contribution in [0.3, 0.4) is 0 Å². The number of fused-ring (bicyclic) bond motifs is 1. The Labute approximate surface area is 125 Å². The Morgan fingerprint density at radius 2 is 2.35 bits per heavy atom. The fraction of sp³-hybridized carbons (Fsp3) is 0.357. The van der Waals surface area contributed by atoms with Crippen molar-refractivity contribution in [1.29, 1.82) is 0 Å².